The number of rotatable bonds is 4. The van der Waals surface area contributed by atoms with Crippen molar-refractivity contribution in [1.82, 2.24) is 9.88 Å². The van der Waals surface area contributed by atoms with E-state index >= 15 is 0 Å². The Labute approximate surface area is 141 Å². The lowest BCUT2D eigenvalue weighted by Crippen LogP contribution is -2.28. The molecule has 3 rings (SSSR count). The first-order chi connectivity index (χ1) is 11.5. The van der Waals surface area contributed by atoms with Crippen LogP contribution in [-0.4, -0.2) is 43.6 Å². The fourth-order valence-corrected chi connectivity index (χ4v) is 4.33. The molecule has 0 radical (unpaired) electrons. The normalized spacial score (nSPS) is 16.1. The Morgan fingerprint density at radius 3 is 2.67 bits per heavy atom. The van der Waals surface area contributed by atoms with E-state index in [2.05, 4.69) is 4.98 Å². The third-order valence-electron chi connectivity index (χ3n) is 4.00. The molecule has 0 N–H and O–H groups in total. The van der Waals surface area contributed by atoms with Gasteiger partial charge in [0.1, 0.15) is 0 Å². The van der Waals surface area contributed by atoms with E-state index in [1.54, 1.807) is 48.6 Å². The molecular formula is C17H19N3O3S. The first-order valence-electron chi connectivity index (χ1n) is 7.72. The van der Waals surface area contributed by atoms with Gasteiger partial charge >= 0.3 is 0 Å². The van der Waals surface area contributed by atoms with E-state index in [-0.39, 0.29) is 11.7 Å². The average molecular weight is 345 g/mol. The highest BCUT2D eigenvalue weighted by Gasteiger charge is 2.28. The lowest BCUT2D eigenvalue weighted by Gasteiger charge is -2.20. The Kier molecular flexibility index (Phi) is 4.53. The first kappa shape index (κ1) is 16.4. The van der Waals surface area contributed by atoms with Gasteiger partial charge in [0.25, 0.3) is 5.91 Å². The molecule has 1 saturated heterocycles. The molecule has 7 heteroatoms. The van der Waals surface area contributed by atoms with Crippen molar-refractivity contribution in [1.29, 1.82) is 0 Å². The second-order valence-electron chi connectivity index (χ2n) is 5.81. The monoisotopic (exact) mass is 345 g/mol. The van der Waals surface area contributed by atoms with Gasteiger partial charge in [-0.15, -0.1) is 0 Å². The number of nitrogens with zero attached hydrogens (tertiary/aromatic N) is 3. The molecule has 0 atom stereocenters. The molecule has 24 heavy (non-hydrogen) atoms. The number of benzene rings is 1. The maximum atomic E-state index is 12.6. The molecule has 2 heterocycles. The number of pyridine rings is 1. The van der Waals surface area contributed by atoms with Crippen LogP contribution in [-0.2, 0) is 16.6 Å². The minimum atomic E-state index is -3.25. The third-order valence-corrected chi connectivity index (χ3v) is 5.87. The van der Waals surface area contributed by atoms with Gasteiger partial charge in [-0.2, -0.15) is 0 Å². The van der Waals surface area contributed by atoms with E-state index < -0.39 is 10.0 Å². The number of sulfonamides is 1. The zero-order chi connectivity index (χ0) is 17.2. The molecule has 1 aliphatic heterocycles. The van der Waals surface area contributed by atoms with Crippen LogP contribution in [0.15, 0.2) is 48.8 Å². The van der Waals surface area contributed by atoms with E-state index in [4.69, 9.17) is 0 Å². The maximum absolute atomic E-state index is 12.6. The fraction of sp³-hybridized carbons (Fsp3) is 0.294. The molecule has 6 nitrogen and oxygen atoms in total. The Morgan fingerprint density at radius 2 is 2.00 bits per heavy atom. The van der Waals surface area contributed by atoms with Crippen LogP contribution in [0.1, 0.15) is 22.3 Å². The summed E-state index contributed by atoms with van der Waals surface area (Å²) in [5.74, 6) is 0.0119. The van der Waals surface area contributed by atoms with Gasteiger partial charge in [0, 0.05) is 38.1 Å². The number of anilines is 1. The smallest absolute Gasteiger partial charge is 0.253 e. The summed E-state index contributed by atoms with van der Waals surface area (Å²) in [6, 6.07) is 10.5. The van der Waals surface area contributed by atoms with Crippen molar-refractivity contribution in [2.45, 2.75) is 13.0 Å². The number of hydrogen-bond acceptors (Lipinski definition) is 4. The summed E-state index contributed by atoms with van der Waals surface area (Å²) >= 11 is 0. The van der Waals surface area contributed by atoms with Crippen LogP contribution in [0.4, 0.5) is 5.69 Å². The van der Waals surface area contributed by atoms with Gasteiger partial charge in [0.15, 0.2) is 0 Å². The Bertz CT molecular complexity index is 837. The van der Waals surface area contributed by atoms with Gasteiger partial charge in [-0.05, 0) is 42.3 Å². The van der Waals surface area contributed by atoms with E-state index in [0.717, 1.165) is 5.56 Å². The van der Waals surface area contributed by atoms with Crippen molar-refractivity contribution in [3.8, 4) is 0 Å². The van der Waals surface area contributed by atoms with E-state index in [0.29, 0.717) is 30.8 Å². The molecule has 1 amide bonds. The second kappa shape index (κ2) is 6.60. The molecule has 0 aliphatic carbocycles. The SMILES string of the molecule is CN(Cc1ccncc1)C(=O)c1cccc(N2CCCS2(=O)=O)c1. The van der Waals surface area contributed by atoms with Gasteiger partial charge in [-0.3, -0.25) is 14.1 Å². The highest BCUT2D eigenvalue weighted by Crippen LogP contribution is 2.25. The lowest BCUT2D eigenvalue weighted by molar-refractivity contribution is 0.0785. The summed E-state index contributed by atoms with van der Waals surface area (Å²) in [4.78, 5) is 18.2. The Morgan fingerprint density at radius 1 is 1.25 bits per heavy atom. The van der Waals surface area contributed by atoms with E-state index in [1.807, 2.05) is 12.1 Å². The maximum Gasteiger partial charge on any atom is 0.253 e. The number of amides is 1. The second-order valence-corrected chi connectivity index (χ2v) is 7.82. The number of carbonyl (C=O) groups excluding carboxylic acids is 1. The molecule has 1 aromatic carbocycles. The summed E-state index contributed by atoms with van der Waals surface area (Å²) in [6.45, 7) is 0.931. The van der Waals surface area contributed by atoms with Crippen molar-refractivity contribution < 1.29 is 13.2 Å². The lowest BCUT2D eigenvalue weighted by atomic mass is 10.1. The molecule has 1 aliphatic rings. The largest absolute Gasteiger partial charge is 0.337 e. The van der Waals surface area contributed by atoms with Crippen molar-refractivity contribution in [2.75, 3.05) is 23.7 Å². The van der Waals surface area contributed by atoms with Crippen molar-refractivity contribution in [2.24, 2.45) is 0 Å². The summed E-state index contributed by atoms with van der Waals surface area (Å²) in [7, 11) is -1.53. The van der Waals surface area contributed by atoms with Crippen LogP contribution in [0, 0.1) is 0 Å². The molecule has 1 fully saturated rings. The molecule has 0 spiro atoms. The molecule has 2 aromatic rings. The molecule has 0 bridgehead atoms. The molecule has 0 unspecified atom stereocenters. The predicted molar refractivity (Wildman–Crippen MR) is 92.2 cm³/mol. The van der Waals surface area contributed by atoms with E-state index in [9.17, 15) is 13.2 Å². The summed E-state index contributed by atoms with van der Waals surface area (Å²) < 4.78 is 25.5. The van der Waals surface area contributed by atoms with Crippen LogP contribution in [0.3, 0.4) is 0 Å². The van der Waals surface area contributed by atoms with Crippen LogP contribution in [0.2, 0.25) is 0 Å². The number of hydrogen-bond donors (Lipinski definition) is 0. The quantitative estimate of drug-likeness (QED) is 0.848. The van der Waals surface area contributed by atoms with Gasteiger partial charge in [0.05, 0.1) is 11.4 Å². The predicted octanol–water partition coefficient (Wildman–Crippen LogP) is 1.89. The molecule has 126 valence electrons. The molecule has 0 saturated carbocycles. The minimum Gasteiger partial charge on any atom is -0.337 e. The van der Waals surface area contributed by atoms with Crippen LogP contribution >= 0.6 is 0 Å². The standard InChI is InChI=1S/C17H19N3O3S/c1-19(13-14-6-8-18-9-7-14)17(21)15-4-2-5-16(12-15)20-10-3-11-24(20,22)23/h2,4-9,12H,3,10-11,13H2,1H3. The van der Waals surface area contributed by atoms with Gasteiger partial charge in [-0.25, -0.2) is 8.42 Å². The van der Waals surface area contributed by atoms with Crippen LogP contribution in [0.5, 0.6) is 0 Å². The van der Waals surface area contributed by atoms with Gasteiger partial charge < -0.3 is 4.90 Å². The zero-order valence-electron chi connectivity index (χ0n) is 13.4. The molecular weight excluding hydrogens is 326 g/mol. The van der Waals surface area contributed by atoms with Crippen LogP contribution in [0.25, 0.3) is 0 Å². The summed E-state index contributed by atoms with van der Waals surface area (Å²) in [6.07, 6.45) is 3.99. The van der Waals surface area contributed by atoms with Crippen molar-refractivity contribution >= 4 is 21.6 Å². The zero-order valence-corrected chi connectivity index (χ0v) is 14.2. The summed E-state index contributed by atoms with van der Waals surface area (Å²) in [5.41, 5.74) is 2.01. The van der Waals surface area contributed by atoms with Gasteiger partial charge in [-0.1, -0.05) is 6.07 Å². The topological polar surface area (TPSA) is 70.6 Å². The first-order valence-corrected chi connectivity index (χ1v) is 9.33. The van der Waals surface area contributed by atoms with E-state index in [1.165, 1.54) is 4.31 Å². The van der Waals surface area contributed by atoms with Crippen molar-refractivity contribution in [3.63, 3.8) is 0 Å². The van der Waals surface area contributed by atoms with Crippen LogP contribution < -0.4 is 4.31 Å². The summed E-state index contributed by atoms with van der Waals surface area (Å²) in [5, 5.41) is 0. The van der Waals surface area contributed by atoms with Crippen molar-refractivity contribution in [3.05, 3.63) is 59.9 Å². The third kappa shape index (κ3) is 3.41. The number of carbonyl (C=O) groups is 1. The number of aromatic nitrogens is 1. The van der Waals surface area contributed by atoms with Gasteiger partial charge in [0.2, 0.25) is 10.0 Å². The highest BCUT2D eigenvalue weighted by atomic mass is 32.2. The Hall–Kier alpha value is -2.41. The highest BCUT2D eigenvalue weighted by molar-refractivity contribution is 7.93. The molecule has 1 aromatic heterocycles. The minimum absolute atomic E-state index is 0.148. The fourth-order valence-electron chi connectivity index (χ4n) is 2.78. The average Bonchev–Trinajstić information content (AvgIpc) is 2.94. The Balaban J connectivity index is 1.79.